The third-order valence-electron chi connectivity index (χ3n) is 10.3. The summed E-state index contributed by atoms with van der Waals surface area (Å²) in [5.74, 6) is -0.784. The van der Waals surface area contributed by atoms with Gasteiger partial charge in [-0.15, -0.1) is 11.3 Å². The fraction of sp³-hybridized carbons (Fsp3) is 0.429. The van der Waals surface area contributed by atoms with E-state index in [1.165, 1.54) is 0 Å². The Morgan fingerprint density at radius 3 is 1.10 bits per heavy atom. The van der Waals surface area contributed by atoms with Crippen molar-refractivity contribution in [2.45, 2.75) is 120 Å². The van der Waals surface area contributed by atoms with Crippen LogP contribution in [0.3, 0.4) is 0 Å². The molecular formula is C42H52N4O4S. The van der Waals surface area contributed by atoms with Crippen LogP contribution in [-0.4, -0.2) is 43.1 Å². The van der Waals surface area contributed by atoms with Crippen LogP contribution in [0, 0.1) is 0 Å². The van der Waals surface area contributed by atoms with Gasteiger partial charge in [0.25, 0.3) is 0 Å². The molecule has 5 aromatic rings. The Bertz CT molecular complexity index is 1930. The second-order valence-electron chi connectivity index (χ2n) is 13.0. The molecule has 5 heterocycles. The van der Waals surface area contributed by atoms with Gasteiger partial charge in [-0.3, -0.25) is 19.2 Å². The van der Waals surface area contributed by atoms with Crippen molar-refractivity contribution in [3.8, 4) is 21.1 Å². The molecule has 51 heavy (non-hydrogen) atoms. The van der Waals surface area contributed by atoms with E-state index in [0.717, 1.165) is 104 Å². The van der Waals surface area contributed by atoms with Crippen LogP contribution in [0.25, 0.3) is 21.1 Å². The number of nitrogens with one attached hydrogen (secondary N) is 4. The molecule has 0 bridgehead atoms. The van der Waals surface area contributed by atoms with Gasteiger partial charge < -0.3 is 19.9 Å². The number of aromatic nitrogens is 4. The Morgan fingerprint density at radius 1 is 0.451 bits per heavy atom. The average molecular weight is 709 g/mol. The van der Waals surface area contributed by atoms with Gasteiger partial charge in [0.15, 0.2) is 23.1 Å². The highest BCUT2D eigenvalue weighted by atomic mass is 32.1. The first-order chi connectivity index (χ1) is 24.6. The number of hydrogen-bond donors (Lipinski definition) is 4. The van der Waals surface area contributed by atoms with Gasteiger partial charge in [0, 0.05) is 12.4 Å². The summed E-state index contributed by atoms with van der Waals surface area (Å²) < 4.78 is 0. The highest BCUT2D eigenvalue weighted by Crippen LogP contribution is 2.40. The summed E-state index contributed by atoms with van der Waals surface area (Å²) in [4.78, 5) is 69.3. The molecule has 0 amide bonds. The maximum atomic E-state index is 13.7. The van der Waals surface area contributed by atoms with Gasteiger partial charge in [-0.05, 0) is 108 Å². The Morgan fingerprint density at radius 2 is 0.784 bits per heavy atom. The predicted molar refractivity (Wildman–Crippen MR) is 207 cm³/mol. The minimum Gasteiger partial charge on any atom is -0.358 e. The molecule has 0 atom stereocenters. The lowest BCUT2D eigenvalue weighted by atomic mass is 9.98. The van der Waals surface area contributed by atoms with Crippen LogP contribution in [-0.2, 0) is 51.4 Å². The van der Waals surface area contributed by atoms with Gasteiger partial charge in [0.1, 0.15) is 0 Å². The van der Waals surface area contributed by atoms with Crippen LogP contribution >= 0.6 is 11.3 Å². The van der Waals surface area contributed by atoms with Crippen LogP contribution in [0.5, 0.6) is 0 Å². The molecule has 0 fully saturated rings. The van der Waals surface area contributed by atoms with Crippen LogP contribution < -0.4 is 0 Å². The third kappa shape index (κ3) is 7.05. The molecule has 0 spiro atoms. The van der Waals surface area contributed by atoms with Crippen LogP contribution in [0.1, 0.15) is 155 Å². The number of Topliss-reactive ketones (excluding diaryl/α,β-unsaturated/α-hetero) is 4. The number of H-pyrrole nitrogens is 4. The molecule has 0 saturated heterocycles. The standard InChI is InChI=1S/C42H52N4O4S/c1-9-23-21-43-37(25(23)11-3)31(47)19-33(49)39-27(13-5)29(15-7)41(45-39)35-17-18-36(51-35)42-30(16-8)28(14-6)40(46-42)34(50)20-32(48)38-26(12-4)24(10-2)22-44-38/h17-18,21-22,43-46H,9-16,19-20H2,1-8H3. The smallest absolute Gasteiger partial charge is 0.187 e. The van der Waals surface area contributed by atoms with Gasteiger partial charge in [-0.1, -0.05) is 55.4 Å². The van der Waals surface area contributed by atoms with Gasteiger partial charge in [0.05, 0.1) is 56.8 Å². The fourth-order valence-electron chi connectivity index (χ4n) is 7.79. The number of thiophene rings is 1. The van der Waals surface area contributed by atoms with E-state index in [4.69, 9.17) is 0 Å². The van der Waals surface area contributed by atoms with E-state index in [1.807, 2.05) is 40.1 Å². The van der Waals surface area contributed by atoms with Crippen molar-refractivity contribution in [1.29, 1.82) is 0 Å². The van der Waals surface area contributed by atoms with E-state index in [2.05, 4.69) is 59.8 Å². The number of carbonyl (C=O) groups is 4. The first-order valence-electron chi connectivity index (χ1n) is 18.7. The molecule has 0 aromatic carbocycles. The maximum absolute atomic E-state index is 13.7. The second-order valence-corrected chi connectivity index (χ2v) is 14.1. The number of aryl methyl sites for hydroxylation is 2. The Hall–Kier alpha value is -4.50. The normalized spacial score (nSPS) is 11.5. The first-order valence-corrected chi connectivity index (χ1v) is 19.5. The Labute approximate surface area is 305 Å². The molecule has 8 nitrogen and oxygen atoms in total. The molecule has 0 radical (unpaired) electrons. The number of rotatable bonds is 18. The zero-order valence-electron chi connectivity index (χ0n) is 31.4. The van der Waals surface area contributed by atoms with Crippen molar-refractivity contribution in [2.24, 2.45) is 0 Å². The zero-order chi connectivity index (χ0) is 37.0. The van der Waals surface area contributed by atoms with Crippen LogP contribution in [0.2, 0.25) is 0 Å². The molecule has 4 N–H and O–H groups in total. The molecule has 0 unspecified atom stereocenters. The number of aromatic amines is 4. The fourth-order valence-corrected chi connectivity index (χ4v) is 8.85. The molecule has 5 rings (SSSR count). The predicted octanol–water partition coefficient (Wildman–Crippen LogP) is 9.81. The summed E-state index contributed by atoms with van der Waals surface area (Å²) in [7, 11) is 0. The highest BCUT2D eigenvalue weighted by molar-refractivity contribution is 7.18. The van der Waals surface area contributed by atoms with E-state index in [-0.39, 0.29) is 36.0 Å². The molecule has 0 aliphatic carbocycles. The lowest BCUT2D eigenvalue weighted by Gasteiger charge is -2.05. The van der Waals surface area contributed by atoms with E-state index in [1.54, 1.807) is 11.3 Å². The molecule has 9 heteroatoms. The third-order valence-corrected chi connectivity index (χ3v) is 11.5. The molecule has 270 valence electrons. The lowest BCUT2D eigenvalue weighted by Crippen LogP contribution is -2.12. The zero-order valence-corrected chi connectivity index (χ0v) is 32.2. The topological polar surface area (TPSA) is 131 Å². The van der Waals surface area contributed by atoms with Crippen LogP contribution in [0.4, 0.5) is 0 Å². The summed E-state index contributed by atoms with van der Waals surface area (Å²) in [6.07, 6.45) is 9.28. The van der Waals surface area contributed by atoms with Crippen molar-refractivity contribution in [3.63, 3.8) is 0 Å². The minimum atomic E-state index is -0.205. The summed E-state index contributed by atoms with van der Waals surface area (Å²) >= 11 is 1.60. The molecular weight excluding hydrogens is 657 g/mol. The summed E-state index contributed by atoms with van der Waals surface area (Å²) in [6, 6.07) is 4.12. The summed E-state index contributed by atoms with van der Waals surface area (Å²) in [5.41, 5.74) is 12.2. The molecule has 0 aliphatic rings. The van der Waals surface area contributed by atoms with Crippen molar-refractivity contribution in [3.05, 3.63) is 91.8 Å². The monoisotopic (exact) mass is 708 g/mol. The van der Waals surface area contributed by atoms with E-state index in [9.17, 15) is 19.2 Å². The van der Waals surface area contributed by atoms with Crippen molar-refractivity contribution >= 4 is 34.5 Å². The Balaban J connectivity index is 1.45. The maximum Gasteiger partial charge on any atom is 0.187 e. The van der Waals surface area contributed by atoms with Crippen molar-refractivity contribution in [1.82, 2.24) is 19.9 Å². The average Bonchev–Trinajstić information content (AvgIpc) is 3.97. The van der Waals surface area contributed by atoms with Crippen LogP contribution in [0.15, 0.2) is 24.5 Å². The van der Waals surface area contributed by atoms with Gasteiger partial charge in [-0.2, -0.15) is 0 Å². The van der Waals surface area contributed by atoms with E-state index in [0.29, 0.717) is 35.6 Å². The molecule has 5 aromatic heterocycles. The SMILES string of the molecule is CCc1c[nH]c(C(=O)CC(=O)c2[nH]c(-c3ccc(-c4[nH]c(C(=O)CC(=O)c5[nH]cc(CC)c5CC)c(CC)c4CC)s3)c(CC)c2CC)c1CC. The molecule has 0 saturated carbocycles. The van der Waals surface area contributed by atoms with Gasteiger partial charge in [0.2, 0.25) is 0 Å². The summed E-state index contributed by atoms with van der Waals surface area (Å²) in [6.45, 7) is 16.5. The minimum absolute atomic E-state index is 0.187. The number of carbonyl (C=O) groups excluding carboxylic acids is 4. The van der Waals surface area contributed by atoms with E-state index < -0.39 is 0 Å². The quantitative estimate of drug-likeness (QED) is 0.0533. The van der Waals surface area contributed by atoms with Gasteiger partial charge >= 0.3 is 0 Å². The highest BCUT2D eigenvalue weighted by Gasteiger charge is 2.28. The van der Waals surface area contributed by atoms with E-state index >= 15 is 0 Å². The van der Waals surface area contributed by atoms with Gasteiger partial charge in [-0.25, -0.2) is 0 Å². The summed E-state index contributed by atoms with van der Waals surface area (Å²) in [5, 5.41) is 0. The first kappa shape index (κ1) is 37.7. The lowest BCUT2D eigenvalue weighted by molar-refractivity contribution is 0.0872. The van der Waals surface area contributed by atoms with Crippen molar-refractivity contribution < 1.29 is 19.2 Å². The molecule has 0 aliphatic heterocycles. The second kappa shape index (κ2) is 16.2. The number of hydrogen-bond acceptors (Lipinski definition) is 5. The number of ketones is 4. The Kier molecular flexibility index (Phi) is 12.0. The largest absolute Gasteiger partial charge is 0.358 e. The van der Waals surface area contributed by atoms with Crippen molar-refractivity contribution in [2.75, 3.05) is 0 Å².